The minimum absolute atomic E-state index is 0.391. The smallest absolute Gasteiger partial charge is 0.320 e. The molecule has 3 nitrogen and oxygen atoms in total. The van der Waals surface area contributed by atoms with E-state index >= 15 is 0 Å². The molecule has 110 valence electrons. The van der Waals surface area contributed by atoms with Crippen LogP contribution in [0.1, 0.15) is 50.2 Å². The zero-order chi connectivity index (χ0) is 14.5. The quantitative estimate of drug-likeness (QED) is 0.838. The van der Waals surface area contributed by atoms with Crippen LogP contribution in [0.4, 0.5) is 0 Å². The molecule has 0 heterocycles. The van der Waals surface area contributed by atoms with E-state index in [4.69, 9.17) is 0 Å². The van der Waals surface area contributed by atoms with E-state index in [-0.39, 0.29) is 0 Å². The van der Waals surface area contributed by atoms with Gasteiger partial charge in [-0.25, -0.2) is 0 Å². The predicted molar refractivity (Wildman–Crippen MR) is 81.0 cm³/mol. The second-order valence-electron chi connectivity index (χ2n) is 6.22. The number of aryl methyl sites for hydroxylation is 1. The Labute approximate surface area is 121 Å². The Bertz CT molecular complexity index is 456. The molecule has 2 N–H and O–H groups in total. The number of fused-ring (bicyclic) bond motifs is 1. The van der Waals surface area contributed by atoms with Gasteiger partial charge < -0.3 is 10.4 Å². The maximum atomic E-state index is 11.3. The third kappa shape index (κ3) is 3.83. The van der Waals surface area contributed by atoms with Gasteiger partial charge in [0.05, 0.1) is 0 Å². The van der Waals surface area contributed by atoms with Gasteiger partial charge >= 0.3 is 5.97 Å². The van der Waals surface area contributed by atoms with Crippen molar-refractivity contribution in [1.29, 1.82) is 0 Å². The van der Waals surface area contributed by atoms with Crippen LogP contribution in [0.2, 0.25) is 0 Å². The molecule has 3 heteroatoms. The first kappa shape index (κ1) is 15.0. The lowest BCUT2D eigenvalue weighted by molar-refractivity contribution is -0.139. The van der Waals surface area contributed by atoms with Crippen molar-refractivity contribution in [1.82, 2.24) is 5.32 Å². The molecule has 0 saturated carbocycles. The van der Waals surface area contributed by atoms with Crippen LogP contribution in [0.5, 0.6) is 0 Å². The summed E-state index contributed by atoms with van der Waals surface area (Å²) in [7, 11) is 0. The Hall–Kier alpha value is -1.35. The minimum Gasteiger partial charge on any atom is -0.480 e. The van der Waals surface area contributed by atoms with E-state index < -0.39 is 12.0 Å². The Balaban J connectivity index is 1.98. The fourth-order valence-corrected chi connectivity index (χ4v) is 3.09. The second-order valence-corrected chi connectivity index (χ2v) is 6.22. The normalized spacial score (nSPS) is 19.6. The average Bonchev–Trinajstić information content (AvgIpc) is 2.42. The molecule has 0 bridgehead atoms. The van der Waals surface area contributed by atoms with Crippen LogP contribution >= 0.6 is 0 Å². The number of nitrogens with one attached hydrogen (secondary N) is 1. The Morgan fingerprint density at radius 3 is 2.85 bits per heavy atom. The Morgan fingerprint density at radius 1 is 1.40 bits per heavy atom. The van der Waals surface area contributed by atoms with E-state index in [9.17, 15) is 9.90 Å². The van der Waals surface area contributed by atoms with E-state index in [0.717, 1.165) is 19.4 Å². The average molecular weight is 275 g/mol. The van der Waals surface area contributed by atoms with Crippen LogP contribution in [0, 0.1) is 5.92 Å². The van der Waals surface area contributed by atoms with Crippen molar-refractivity contribution in [2.75, 3.05) is 6.54 Å². The van der Waals surface area contributed by atoms with Crippen molar-refractivity contribution in [2.45, 2.75) is 51.5 Å². The van der Waals surface area contributed by atoms with Crippen molar-refractivity contribution >= 4 is 5.97 Å². The van der Waals surface area contributed by atoms with Gasteiger partial charge in [-0.15, -0.1) is 0 Å². The summed E-state index contributed by atoms with van der Waals surface area (Å²) in [5, 5.41) is 12.5. The van der Waals surface area contributed by atoms with Gasteiger partial charge in [0.15, 0.2) is 0 Å². The maximum Gasteiger partial charge on any atom is 0.320 e. The fraction of sp³-hybridized carbons (Fsp3) is 0.588. The fourth-order valence-electron chi connectivity index (χ4n) is 3.09. The molecule has 0 radical (unpaired) electrons. The van der Waals surface area contributed by atoms with Gasteiger partial charge in [-0.05, 0) is 48.6 Å². The first-order valence-corrected chi connectivity index (χ1v) is 7.62. The van der Waals surface area contributed by atoms with Gasteiger partial charge in [-0.3, -0.25) is 4.79 Å². The summed E-state index contributed by atoms with van der Waals surface area (Å²) in [5.41, 5.74) is 2.83. The molecular formula is C17H25NO2. The molecule has 1 aliphatic carbocycles. The molecule has 0 spiro atoms. The third-order valence-electron chi connectivity index (χ3n) is 4.11. The van der Waals surface area contributed by atoms with Crippen LogP contribution in [0.25, 0.3) is 0 Å². The monoisotopic (exact) mass is 275 g/mol. The van der Waals surface area contributed by atoms with Gasteiger partial charge in [0, 0.05) is 6.54 Å². The van der Waals surface area contributed by atoms with E-state index in [0.29, 0.717) is 18.3 Å². The van der Waals surface area contributed by atoms with Crippen LogP contribution in [-0.4, -0.2) is 23.7 Å². The summed E-state index contributed by atoms with van der Waals surface area (Å²) in [6, 6.07) is 8.14. The van der Waals surface area contributed by atoms with Gasteiger partial charge in [0.1, 0.15) is 6.04 Å². The van der Waals surface area contributed by atoms with Gasteiger partial charge in [-0.2, -0.15) is 0 Å². The molecule has 0 fully saturated rings. The van der Waals surface area contributed by atoms with Crippen molar-refractivity contribution in [2.24, 2.45) is 5.92 Å². The van der Waals surface area contributed by atoms with Crippen molar-refractivity contribution in [3.05, 3.63) is 35.4 Å². The lowest BCUT2D eigenvalue weighted by Crippen LogP contribution is -2.40. The van der Waals surface area contributed by atoms with Crippen molar-refractivity contribution in [3.63, 3.8) is 0 Å². The van der Waals surface area contributed by atoms with Gasteiger partial charge in [0.25, 0.3) is 0 Å². The minimum atomic E-state index is -0.734. The standard InChI is InChI=1S/C17H25NO2/c1-12(2)10-16(17(19)20)18-11-14-8-5-7-13-6-3-4-9-15(13)14/h3-4,6,9,12,14,16,18H,5,7-8,10-11H2,1-2H3,(H,19,20). The lowest BCUT2D eigenvalue weighted by Gasteiger charge is -2.27. The molecule has 2 rings (SSSR count). The zero-order valence-corrected chi connectivity index (χ0v) is 12.4. The van der Waals surface area contributed by atoms with E-state index in [1.54, 1.807) is 0 Å². The largest absolute Gasteiger partial charge is 0.480 e. The molecule has 2 unspecified atom stereocenters. The van der Waals surface area contributed by atoms with Crippen molar-refractivity contribution in [3.8, 4) is 0 Å². The molecule has 0 saturated heterocycles. The topological polar surface area (TPSA) is 49.3 Å². The summed E-state index contributed by atoms with van der Waals surface area (Å²) in [6.45, 7) is 4.89. The lowest BCUT2D eigenvalue weighted by atomic mass is 9.82. The molecule has 1 aromatic rings. The predicted octanol–water partition coefficient (Wildman–Crippen LogP) is 3.20. The number of hydrogen-bond donors (Lipinski definition) is 2. The molecule has 1 aliphatic rings. The number of hydrogen-bond acceptors (Lipinski definition) is 2. The second kappa shape index (κ2) is 6.89. The summed E-state index contributed by atoms with van der Waals surface area (Å²) in [4.78, 5) is 11.3. The molecule has 20 heavy (non-hydrogen) atoms. The number of carboxylic acid groups (broad SMARTS) is 1. The highest BCUT2D eigenvalue weighted by atomic mass is 16.4. The highest BCUT2D eigenvalue weighted by Crippen LogP contribution is 2.30. The molecule has 1 aromatic carbocycles. The first-order chi connectivity index (χ1) is 9.58. The molecule has 2 atom stereocenters. The van der Waals surface area contributed by atoms with Crippen LogP contribution in [0.15, 0.2) is 24.3 Å². The number of carbonyl (C=O) groups is 1. The van der Waals surface area contributed by atoms with E-state index in [2.05, 4.69) is 43.4 Å². The molecule has 0 aliphatic heterocycles. The first-order valence-electron chi connectivity index (χ1n) is 7.62. The molecule has 0 aromatic heterocycles. The number of aliphatic carboxylic acids is 1. The van der Waals surface area contributed by atoms with Crippen LogP contribution in [0.3, 0.4) is 0 Å². The van der Waals surface area contributed by atoms with E-state index in [1.165, 1.54) is 17.5 Å². The van der Waals surface area contributed by atoms with Crippen molar-refractivity contribution < 1.29 is 9.90 Å². The summed E-state index contributed by atoms with van der Waals surface area (Å²) in [5.74, 6) is 0.110. The van der Waals surface area contributed by atoms with Gasteiger partial charge in [-0.1, -0.05) is 38.1 Å². The molecular weight excluding hydrogens is 250 g/mol. The summed E-state index contributed by atoms with van der Waals surface area (Å²) in [6.07, 6.45) is 4.19. The highest BCUT2D eigenvalue weighted by Gasteiger charge is 2.23. The highest BCUT2D eigenvalue weighted by molar-refractivity contribution is 5.73. The third-order valence-corrected chi connectivity index (χ3v) is 4.11. The summed E-state index contributed by atoms with van der Waals surface area (Å²) < 4.78 is 0. The molecule has 0 amide bonds. The summed E-state index contributed by atoms with van der Waals surface area (Å²) >= 11 is 0. The van der Waals surface area contributed by atoms with E-state index in [1.807, 2.05) is 0 Å². The Morgan fingerprint density at radius 2 is 2.15 bits per heavy atom. The van der Waals surface area contributed by atoms with Crippen LogP contribution in [-0.2, 0) is 11.2 Å². The van der Waals surface area contributed by atoms with Gasteiger partial charge in [0.2, 0.25) is 0 Å². The SMILES string of the molecule is CC(C)CC(NCC1CCCc2ccccc21)C(=O)O. The number of rotatable bonds is 6. The number of carboxylic acids is 1. The maximum absolute atomic E-state index is 11.3. The van der Waals surface area contributed by atoms with Crippen LogP contribution < -0.4 is 5.32 Å². The zero-order valence-electron chi connectivity index (χ0n) is 12.4. The Kier molecular flexibility index (Phi) is 5.18. The number of benzene rings is 1.